The number of amides is 2. The highest BCUT2D eigenvalue weighted by Gasteiger charge is 2.09. The van der Waals surface area contributed by atoms with Gasteiger partial charge in [-0.05, 0) is 44.0 Å². The van der Waals surface area contributed by atoms with Crippen LogP contribution < -0.4 is 20.9 Å². The number of aryl methyl sites for hydroxylation is 2. The fraction of sp³-hybridized carbons (Fsp3) is 0.278. The Balaban J connectivity index is 1.32. The molecule has 0 aliphatic heterocycles. The van der Waals surface area contributed by atoms with Crippen molar-refractivity contribution >= 4 is 22.7 Å². The standard InChI is InChI=1S/C18H21N5O3S/c1-12-6-7-14(13(2)11-12)25-10-4-8-19-17(24)21-22-18-20-16(23-27-18)15-5-3-9-26-15/h3,5-7,9,11H,4,8,10H2,1-2H3,(H2,19,21,24)(H,20,22,23). The van der Waals surface area contributed by atoms with Gasteiger partial charge >= 0.3 is 6.03 Å². The fourth-order valence-electron chi connectivity index (χ4n) is 2.35. The van der Waals surface area contributed by atoms with Crippen LogP contribution in [0.5, 0.6) is 5.75 Å². The van der Waals surface area contributed by atoms with Crippen LogP contribution in [0, 0.1) is 13.8 Å². The van der Waals surface area contributed by atoms with Crippen LogP contribution in [0.15, 0.2) is 41.0 Å². The van der Waals surface area contributed by atoms with Gasteiger partial charge in [-0.2, -0.15) is 9.36 Å². The van der Waals surface area contributed by atoms with Gasteiger partial charge in [0.05, 0.1) is 12.9 Å². The molecule has 9 heteroatoms. The Labute approximate surface area is 161 Å². The van der Waals surface area contributed by atoms with E-state index in [1.165, 1.54) is 5.56 Å². The highest BCUT2D eigenvalue weighted by atomic mass is 32.1. The number of nitrogens with zero attached hydrogens (tertiary/aromatic N) is 2. The van der Waals surface area contributed by atoms with Crippen molar-refractivity contribution in [3.8, 4) is 17.3 Å². The molecule has 0 atom stereocenters. The number of anilines is 1. The summed E-state index contributed by atoms with van der Waals surface area (Å²) in [5.41, 5.74) is 7.55. The van der Waals surface area contributed by atoms with Gasteiger partial charge in [0.25, 0.3) is 0 Å². The van der Waals surface area contributed by atoms with Gasteiger partial charge in [-0.1, -0.05) is 17.7 Å². The number of hydrogen-bond acceptors (Lipinski definition) is 7. The third-order valence-electron chi connectivity index (χ3n) is 3.65. The van der Waals surface area contributed by atoms with Gasteiger partial charge in [0.15, 0.2) is 5.76 Å². The van der Waals surface area contributed by atoms with Crippen LogP contribution in [0.4, 0.5) is 9.93 Å². The molecular formula is C18H21N5O3S. The smallest absolute Gasteiger partial charge is 0.333 e. The fourth-order valence-corrected chi connectivity index (χ4v) is 2.88. The molecule has 0 spiro atoms. The monoisotopic (exact) mass is 387 g/mol. The molecule has 0 saturated carbocycles. The Morgan fingerprint density at radius 2 is 2.19 bits per heavy atom. The van der Waals surface area contributed by atoms with E-state index >= 15 is 0 Å². The molecule has 1 aromatic carbocycles. The summed E-state index contributed by atoms with van der Waals surface area (Å²) in [6.45, 7) is 5.09. The summed E-state index contributed by atoms with van der Waals surface area (Å²) in [4.78, 5) is 16.0. The van der Waals surface area contributed by atoms with E-state index in [0.717, 1.165) is 22.8 Å². The normalized spacial score (nSPS) is 10.4. The molecule has 2 aromatic heterocycles. The number of aromatic nitrogens is 2. The summed E-state index contributed by atoms with van der Waals surface area (Å²) in [7, 11) is 0. The first-order valence-electron chi connectivity index (χ1n) is 8.49. The lowest BCUT2D eigenvalue weighted by atomic mass is 10.1. The van der Waals surface area contributed by atoms with Crippen molar-refractivity contribution in [3.63, 3.8) is 0 Å². The molecule has 0 aliphatic carbocycles. The third-order valence-corrected chi connectivity index (χ3v) is 4.28. The minimum atomic E-state index is -0.351. The molecule has 0 aliphatic rings. The van der Waals surface area contributed by atoms with Crippen molar-refractivity contribution in [1.29, 1.82) is 0 Å². The minimum absolute atomic E-state index is 0.351. The summed E-state index contributed by atoms with van der Waals surface area (Å²) in [5, 5.41) is 3.21. The third kappa shape index (κ3) is 5.45. The number of ether oxygens (including phenoxy) is 1. The Kier molecular flexibility index (Phi) is 6.26. The van der Waals surface area contributed by atoms with Gasteiger partial charge in [-0.25, -0.2) is 10.2 Å². The average molecular weight is 387 g/mol. The second-order valence-electron chi connectivity index (χ2n) is 5.88. The van der Waals surface area contributed by atoms with Crippen LogP contribution in [-0.2, 0) is 0 Å². The van der Waals surface area contributed by atoms with Gasteiger partial charge in [0.2, 0.25) is 11.0 Å². The zero-order chi connectivity index (χ0) is 19.1. The molecule has 3 N–H and O–H groups in total. The largest absolute Gasteiger partial charge is 0.493 e. The maximum absolute atomic E-state index is 11.8. The molecule has 0 unspecified atom stereocenters. The van der Waals surface area contributed by atoms with Gasteiger partial charge < -0.3 is 14.5 Å². The Bertz CT molecular complexity index is 879. The van der Waals surface area contributed by atoms with Crippen molar-refractivity contribution in [2.75, 3.05) is 18.6 Å². The molecule has 0 radical (unpaired) electrons. The molecule has 3 aromatic rings. The van der Waals surface area contributed by atoms with Crippen LogP contribution >= 0.6 is 11.5 Å². The van der Waals surface area contributed by atoms with Crippen LogP contribution in [0.1, 0.15) is 17.5 Å². The van der Waals surface area contributed by atoms with E-state index in [2.05, 4.69) is 31.6 Å². The molecule has 27 heavy (non-hydrogen) atoms. The lowest BCUT2D eigenvalue weighted by Gasteiger charge is -2.10. The minimum Gasteiger partial charge on any atom is -0.493 e. The summed E-state index contributed by atoms with van der Waals surface area (Å²) >= 11 is 1.13. The van der Waals surface area contributed by atoms with Gasteiger partial charge in [-0.3, -0.25) is 5.43 Å². The zero-order valence-corrected chi connectivity index (χ0v) is 15.9. The topological polar surface area (TPSA) is 101 Å². The summed E-state index contributed by atoms with van der Waals surface area (Å²) in [6, 6.07) is 9.25. The number of carbonyl (C=O) groups excluding carboxylic acids is 1. The predicted octanol–water partition coefficient (Wildman–Crippen LogP) is 3.51. The van der Waals surface area contributed by atoms with Crippen LogP contribution in [0.25, 0.3) is 11.6 Å². The highest BCUT2D eigenvalue weighted by Crippen LogP contribution is 2.20. The Morgan fingerprint density at radius 3 is 2.96 bits per heavy atom. The quantitative estimate of drug-likeness (QED) is 0.404. The first-order valence-corrected chi connectivity index (χ1v) is 9.26. The van der Waals surface area contributed by atoms with Crippen molar-refractivity contribution in [2.24, 2.45) is 0 Å². The molecule has 0 bridgehead atoms. The second kappa shape index (κ2) is 9.04. The van der Waals surface area contributed by atoms with Gasteiger partial charge in [0, 0.05) is 18.1 Å². The number of hydrazine groups is 1. The summed E-state index contributed by atoms with van der Waals surface area (Å²) in [5.74, 6) is 1.92. The number of hydrogen-bond donors (Lipinski definition) is 3. The van der Waals surface area contributed by atoms with Crippen molar-refractivity contribution < 1.29 is 13.9 Å². The maximum Gasteiger partial charge on any atom is 0.333 e. The van der Waals surface area contributed by atoms with E-state index in [9.17, 15) is 4.79 Å². The molecule has 0 saturated heterocycles. The van der Waals surface area contributed by atoms with Crippen molar-refractivity contribution in [3.05, 3.63) is 47.7 Å². The number of nitrogens with one attached hydrogen (secondary N) is 3. The van der Waals surface area contributed by atoms with E-state index < -0.39 is 0 Å². The van der Waals surface area contributed by atoms with Gasteiger partial charge in [0.1, 0.15) is 5.75 Å². The molecule has 2 amide bonds. The van der Waals surface area contributed by atoms with Crippen molar-refractivity contribution in [2.45, 2.75) is 20.3 Å². The van der Waals surface area contributed by atoms with Crippen molar-refractivity contribution in [1.82, 2.24) is 20.1 Å². The predicted molar refractivity (Wildman–Crippen MR) is 104 cm³/mol. The highest BCUT2D eigenvalue weighted by molar-refractivity contribution is 7.09. The van der Waals surface area contributed by atoms with E-state index in [1.54, 1.807) is 18.4 Å². The maximum atomic E-state index is 11.8. The van der Waals surface area contributed by atoms with E-state index in [1.807, 2.05) is 26.0 Å². The average Bonchev–Trinajstić information content (AvgIpc) is 3.32. The van der Waals surface area contributed by atoms with Crippen LogP contribution in [-0.4, -0.2) is 28.5 Å². The molecular weight excluding hydrogens is 366 g/mol. The molecule has 2 heterocycles. The molecule has 3 rings (SSSR count). The number of furan rings is 1. The SMILES string of the molecule is Cc1ccc(OCCCNC(=O)NNc2nc(-c3ccco3)ns2)c(C)c1. The first kappa shape index (κ1) is 18.7. The number of carbonyl (C=O) groups is 1. The summed E-state index contributed by atoms with van der Waals surface area (Å²) < 4.78 is 15.1. The Morgan fingerprint density at radius 1 is 1.30 bits per heavy atom. The summed E-state index contributed by atoms with van der Waals surface area (Å²) in [6.07, 6.45) is 2.25. The van der Waals surface area contributed by atoms with Gasteiger partial charge in [-0.15, -0.1) is 0 Å². The van der Waals surface area contributed by atoms with Crippen LogP contribution in [0.2, 0.25) is 0 Å². The second-order valence-corrected chi connectivity index (χ2v) is 6.63. The van der Waals surface area contributed by atoms with Crippen LogP contribution in [0.3, 0.4) is 0 Å². The Hall–Kier alpha value is -3.07. The number of benzene rings is 1. The number of rotatable bonds is 8. The van der Waals surface area contributed by atoms with E-state index in [0.29, 0.717) is 36.3 Å². The zero-order valence-electron chi connectivity index (χ0n) is 15.1. The van der Waals surface area contributed by atoms with E-state index in [-0.39, 0.29) is 6.03 Å². The molecule has 8 nitrogen and oxygen atoms in total. The molecule has 142 valence electrons. The molecule has 0 fully saturated rings. The number of urea groups is 1. The first-order chi connectivity index (χ1) is 13.1. The lowest BCUT2D eigenvalue weighted by molar-refractivity contribution is 0.241. The van der Waals surface area contributed by atoms with E-state index in [4.69, 9.17) is 9.15 Å². The lowest BCUT2D eigenvalue weighted by Crippen LogP contribution is -2.39.